The zero-order chi connectivity index (χ0) is 29.3. The molecule has 212 valence electrons. The minimum Gasteiger partial charge on any atom is -0.480 e. The fourth-order valence-corrected chi connectivity index (χ4v) is 3.63. The number of carbonyl (C=O) groups is 5. The van der Waals surface area contributed by atoms with Gasteiger partial charge in [0.1, 0.15) is 18.7 Å². The smallest absolute Gasteiger partial charge is 0.480 e. The van der Waals surface area contributed by atoms with E-state index in [2.05, 4.69) is 0 Å². The van der Waals surface area contributed by atoms with Gasteiger partial charge in [-0.25, -0.2) is 26.6 Å². The van der Waals surface area contributed by atoms with Crippen molar-refractivity contribution in [2.24, 2.45) is 0 Å². The summed E-state index contributed by atoms with van der Waals surface area (Å²) >= 11 is 0. The van der Waals surface area contributed by atoms with Crippen LogP contribution in [0.3, 0.4) is 0 Å². The van der Waals surface area contributed by atoms with Crippen LogP contribution in [-0.4, -0.2) is 131 Å². The largest absolute Gasteiger partial charge is 1.00 e. The summed E-state index contributed by atoms with van der Waals surface area (Å²) in [6.07, 6.45) is 7.96. The summed E-state index contributed by atoms with van der Waals surface area (Å²) in [6.45, 7) is 1.76. The Bertz CT molecular complexity index is 1440. The van der Waals surface area contributed by atoms with Crippen molar-refractivity contribution in [1.29, 1.82) is 0 Å². The molecule has 0 aliphatic carbocycles. The van der Waals surface area contributed by atoms with Crippen LogP contribution >= 0.6 is 0 Å². The third kappa shape index (κ3) is 10.8. The number of aromatic nitrogens is 2. The van der Waals surface area contributed by atoms with Crippen molar-refractivity contribution in [3.05, 3.63) is 66.6 Å². The maximum absolute atomic E-state index is 12.8. The first-order valence-corrected chi connectivity index (χ1v) is 12.2. The molecule has 1 aliphatic rings. The predicted molar refractivity (Wildman–Crippen MR) is 148 cm³/mol. The molecule has 4 amide bonds. The molecule has 17 heteroatoms. The number of aliphatic carboxylic acids is 2. The first-order chi connectivity index (χ1) is 18.5. The molecule has 1 aliphatic heterocycles. The van der Waals surface area contributed by atoms with Gasteiger partial charge in [-0.3, -0.25) is 42.8 Å². The molecule has 1 aromatic heterocycles. The molecule has 0 unspecified atom stereocenters. The van der Waals surface area contributed by atoms with Gasteiger partial charge in [-0.2, -0.15) is 0 Å². The Labute approximate surface area is 307 Å². The molecule has 2 heterocycles. The van der Waals surface area contributed by atoms with Crippen LogP contribution in [0.25, 0.3) is 6.08 Å². The van der Waals surface area contributed by atoms with E-state index in [0.29, 0.717) is 35.2 Å². The van der Waals surface area contributed by atoms with E-state index in [9.17, 15) is 38.4 Å². The van der Waals surface area contributed by atoms with Crippen molar-refractivity contribution >= 4 is 95.0 Å². The number of rotatable bonds is 13. The van der Waals surface area contributed by atoms with Crippen molar-refractivity contribution in [3.8, 4) is 0 Å². The van der Waals surface area contributed by atoms with Crippen LogP contribution in [0.1, 0.15) is 45.1 Å². The van der Waals surface area contributed by atoms with Crippen LogP contribution in [0.4, 0.5) is 4.79 Å². The number of hydrogen-bond donors (Lipinski definition) is 2. The second-order valence-electron chi connectivity index (χ2n) is 8.49. The second-order valence-corrected chi connectivity index (χ2v) is 8.49. The molecular formula is C25H29N4Na3O10. The molecule has 1 fully saturated rings. The summed E-state index contributed by atoms with van der Waals surface area (Å²) in [6, 6.07) is -1.03. The van der Waals surface area contributed by atoms with Gasteiger partial charge in [0.2, 0.25) is 0 Å². The Morgan fingerprint density at radius 2 is 1.26 bits per heavy atom. The number of amides is 4. The van der Waals surface area contributed by atoms with Crippen molar-refractivity contribution in [2.45, 2.75) is 52.6 Å². The summed E-state index contributed by atoms with van der Waals surface area (Å²) in [5, 5.41) is 18.1. The van der Waals surface area contributed by atoms with Crippen LogP contribution in [0.2, 0.25) is 0 Å². The maximum atomic E-state index is 12.8. The quantitative estimate of drug-likeness (QED) is 0.0737. The van der Waals surface area contributed by atoms with Gasteiger partial charge in [-0.05, 0) is 24.5 Å². The van der Waals surface area contributed by atoms with Gasteiger partial charge in [-0.1, -0.05) is 32.8 Å². The topological polar surface area (TPSA) is 193 Å². The van der Waals surface area contributed by atoms with Crippen molar-refractivity contribution in [2.75, 3.05) is 13.1 Å². The number of nitrogens with zero attached hydrogens (tertiary/aromatic N) is 4. The molecular weight excluding hydrogens is 585 g/mol. The molecule has 0 spiro atoms. The average Bonchev–Trinajstić information content (AvgIpc) is 2.87. The van der Waals surface area contributed by atoms with Gasteiger partial charge in [0, 0.05) is 72.2 Å². The van der Waals surface area contributed by atoms with E-state index in [1.165, 1.54) is 18.2 Å². The first kappa shape index (κ1) is 42.4. The zero-order valence-electron chi connectivity index (χ0n) is 24.5. The molecule has 0 bridgehead atoms. The molecule has 42 heavy (non-hydrogen) atoms. The molecule has 2 rings (SSSR count). The molecule has 1 aromatic rings. The number of carboxylic acids is 2. The Morgan fingerprint density at radius 1 is 0.738 bits per heavy atom. The van der Waals surface area contributed by atoms with E-state index < -0.39 is 70.8 Å². The normalized spacial score (nSPS) is 14.2. The van der Waals surface area contributed by atoms with Gasteiger partial charge in [0.05, 0.1) is 0 Å². The van der Waals surface area contributed by atoms with Gasteiger partial charge in [0.15, 0.2) is 11.1 Å². The van der Waals surface area contributed by atoms with Crippen LogP contribution in [-0.2, 0) is 32.3 Å². The third-order valence-electron chi connectivity index (χ3n) is 5.63. The van der Waals surface area contributed by atoms with Crippen molar-refractivity contribution in [3.63, 3.8) is 0 Å². The number of allylic oxidation sites excluding steroid dienone is 4. The zero-order valence-corrected chi connectivity index (χ0v) is 30.5. The Balaban J connectivity index is 0. The van der Waals surface area contributed by atoms with E-state index in [0.717, 1.165) is 21.6 Å². The SMILES string of the molecule is CCCCN1C(=O)C(=CC=CC=C[c-]2c(=O)n(CCCC)c(=O)n(CC(=O)O)c2=O)C(=O)N(CC(=O)O)C1=O.[Na+].[Na].[Na]. The minimum absolute atomic E-state index is 0. The van der Waals surface area contributed by atoms with E-state index in [4.69, 9.17) is 10.2 Å². The van der Waals surface area contributed by atoms with E-state index in [1.54, 1.807) is 0 Å². The summed E-state index contributed by atoms with van der Waals surface area (Å²) in [4.78, 5) is 99.4. The molecule has 1 saturated heterocycles. The molecule has 2 radical (unpaired) electrons. The first-order valence-electron chi connectivity index (χ1n) is 12.2. The average molecular weight is 614 g/mol. The number of carboxylic acid groups (broad SMARTS) is 2. The van der Waals surface area contributed by atoms with Crippen molar-refractivity contribution in [1.82, 2.24) is 18.9 Å². The molecule has 0 saturated carbocycles. The van der Waals surface area contributed by atoms with E-state index >= 15 is 0 Å². The van der Waals surface area contributed by atoms with Crippen LogP contribution in [0, 0.1) is 0 Å². The maximum Gasteiger partial charge on any atom is 1.00 e. The van der Waals surface area contributed by atoms with Gasteiger partial charge < -0.3 is 10.2 Å². The van der Waals surface area contributed by atoms with Crippen LogP contribution < -0.4 is 46.4 Å². The molecule has 2 N–H and O–H groups in total. The number of carbonyl (C=O) groups excluding carboxylic acids is 3. The van der Waals surface area contributed by atoms with E-state index in [1.807, 2.05) is 13.8 Å². The Morgan fingerprint density at radius 3 is 1.81 bits per heavy atom. The monoisotopic (exact) mass is 614 g/mol. The van der Waals surface area contributed by atoms with Crippen LogP contribution in [0.5, 0.6) is 0 Å². The number of urea groups is 1. The third-order valence-corrected chi connectivity index (χ3v) is 5.63. The molecule has 0 aromatic carbocycles. The van der Waals surface area contributed by atoms with E-state index in [-0.39, 0.29) is 102 Å². The molecule has 0 atom stereocenters. The summed E-state index contributed by atoms with van der Waals surface area (Å²) in [7, 11) is 0. The standard InChI is InChI=1S/C25H29N4O10.3Na/c1-3-5-12-26-20(34)16(22(36)28(24(26)38)14-18(30)31)10-8-7-9-11-17-21(35)27(13-6-4-2)25(39)29(23(17)37)15-19(32)33;;;/h7-11H,3-6,12-15H2,1-2H3,(H,30,31)(H,32,33);;;/q-1;;;+1. The van der Waals surface area contributed by atoms with Gasteiger partial charge in [0.25, 0.3) is 11.8 Å². The van der Waals surface area contributed by atoms with Crippen LogP contribution in [0.15, 0.2) is 44.3 Å². The number of imide groups is 2. The fraction of sp³-hybridized carbons (Fsp3) is 0.400. The summed E-state index contributed by atoms with van der Waals surface area (Å²) < 4.78 is 1.24. The van der Waals surface area contributed by atoms with Gasteiger partial charge in [-0.15, -0.1) is 6.08 Å². The summed E-state index contributed by atoms with van der Waals surface area (Å²) in [5.41, 5.74) is -3.93. The number of unbranched alkanes of at least 4 members (excludes halogenated alkanes) is 2. The minimum atomic E-state index is -1.44. The van der Waals surface area contributed by atoms with Crippen molar-refractivity contribution < 1.29 is 63.7 Å². The second kappa shape index (κ2) is 20.3. The van der Waals surface area contributed by atoms with Gasteiger partial charge >= 0.3 is 53.2 Å². The summed E-state index contributed by atoms with van der Waals surface area (Å²) in [5.74, 6) is -4.87. The predicted octanol–water partition coefficient (Wildman–Crippen LogP) is -3.61. The molecule has 14 nitrogen and oxygen atoms in total. The fourth-order valence-electron chi connectivity index (χ4n) is 3.63. The Kier molecular flexibility index (Phi) is 20.4. The Hall–Kier alpha value is -1.75. The number of barbiturate groups is 1. The number of hydrogen-bond acceptors (Lipinski definition) is 8.